The van der Waals surface area contributed by atoms with Gasteiger partial charge in [0, 0.05) is 58.3 Å². The molecule has 2 aliphatic heterocycles. The molecule has 0 spiro atoms. The monoisotopic (exact) mass is 433 g/mol. The van der Waals surface area contributed by atoms with Crippen molar-refractivity contribution in [2.45, 2.75) is 6.42 Å². The van der Waals surface area contributed by atoms with Crippen molar-refractivity contribution in [3.8, 4) is 11.3 Å². The Bertz CT molecular complexity index is 1150. The molecule has 31 heavy (non-hydrogen) atoms. The molecule has 5 nitrogen and oxygen atoms in total. The van der Waals surface area contributed by atoms with Gasteiger partial charge in [0.15, 0.2) is 0 Å². The topological polar surface area (TPSA) is 48.7 Å². The van der Waals surface area contributed by atoms with Crippen LogP contribution in [0, 0.1) is 0 Å². The van der Waals surface area contributed by atoms with E-state index in [0.717, 1.165) is 54.3 Å². The summed E-state index contributed by atoms with van der Waals surface area (Å²) in [6.07, 6.45) is 4.69. The molecule has 6 heteroatoms. The lowest BCUT2D eigenvalue weighted by Gasteiger charge is -2.22. The van der Waals surface area contributed by atoms with Gasteiger partial charge in [-0.1, -0.05) is 11.6 Å². The third-order valence-corrected chi connectivity index (χ3v) is 6.17. The minimum Gasteiger partial charge on any atom is -0.464 e. The summed E-state index contributed by atoms with van der Waals surface area (Å²) >= 11 is 6.12. The average Bonchev–Trinajstić information content (AvgIpc) is 3.28. The Hall–Kier alpha value is -3.02. The van der Waals surface area contributed by atoms with Crippen LogP contribution >= 0.6 is 11.6 Å². The second-order valence-corrected chi connectivity index (χ2v) is 8.57. The van der Waals surface area contributed by atoms with Crippen molar-refractivity contribution in [1.82, 2.24) is 4.90 Å². The normalized spacial score (nSPS) is 18.2. The molecule has 1 N–H and O–H groups in total. The Kier molecular flexibility index (Phi) is 5.30. The van der Waals surface area contributed by atoms with Gasteiger partial charge < -0.3 is 19.5 Å². The number of hydrogen-bond acceptors (Lipinski definition) is 4. The molecule has 158 valence electrons. The largest absolute Gasteiger partial charge is 0.464 e. The molecule has 2 aliphatic rings. The number of anilines is 2. The van der Waals surface area contributed by atoms with Gasteiger partial charge in [0.05, 0.1) is 6.26 Å². The second-order valence-electron chi connectivity index (χ2n) is 8.14. The van der Waals surface area contributed by atoms with Crippen LogP contribution in [0.25, 0.3) is 23.0 Å². The summed E-state index contributed by atoms with van der Waals surface area (Å²) in [5.41, 5.74) is 5.27. The smallest absolute Gasteiger partial charge is 0.256 e. The highest BCUT2D eigenvalue weighted by Crippen LogP contribution is 2.35. The third kappa shape index (κ3) is 4.11. The van der Waals surface area contributed by atoms with E-state index in [0.29, 0.717) is 10.6 Å². The van der Waals surface area contributed by atoms with Gasteiger partial charge >= 0.3 is 0 Å². The van der Waals surface area contributed by atoms with Gasteiger partial charge in [-0.3, -0.25) is 4.79 Å². The van der Waals surface area contributed by atoms with Crippen molar-refractivity contribution in [2.75, 3.05) is 43.4 Å². The first kappa shape index (κ1) is 19.9. The molecular weight excluding hydrogens is 410 g/mol. The van der Waals surface area contributed by atoms with Gasteiger partial charge in [-0.05, 0) is 74.6 Å². The zero-order valence-electron chi connectivity index (χ0n) is 17.4. The van der Waals surface area contributed by atoms with E-state index in [2.05, 4.69) is 46.4 Å². The molecule has 1 aromatic heterocycles. The second kappa shape index (κ2) is 8.25. The molecule has 2 aromatic carbocycles. The molecule has 3 heterocycles. The average molecular weight is 434 g/mol. The maximum absolute atomic E-state index is 12.4. The molecular formula is C25H24ClN3O2. The van der Waals surface area contributed by atoms with Crippen LogP contribution in [0.5, 0.6) is 0 Å². The Morgan fingerprint density at radius 2 is 1.87 bits per heavy atom. The summed E-state index contributed by atoms with van der Waals surface area (Å²) in [5, 5.41) is 3.48. The quantitative estimate of drug-likeness (QED) is 0.574. The third-order valence-electron chi connectivity index (χ3n) is 5.93. The summed E-state index contributed by atoms with van der Waals surface area (Å²) in [5.74, 6) is 0.645. The van der Waals surface area contributed by atoms with E-state index in [1.54, 1.807) is 18.4 Å². The fourth-order valence-electron chi connectivity index (χ4n) is 4.19. The minimum absolute atomic E-state index is 0.132. The summed E-state index contributed by atoms with van der Waals surface area (Å²) in [6, 6.07) is 15.9. The van der Waals surface area contributed by atoms with Crippen LogP contribution in [0.4, 0.5) is 11.4 Å². The van der Waals surface area contributed by atoms with E-state index >= 15 is 0 Å². The first-order valence-corrected chi connectivity index (χ1v) is 10.9. The van der Waals surface area contributed by atoms with Gasteiger partial charge in [-0.25, -0.2) is 0 Å². The lowest BCUT2D eigenvalue weighted by Crippen LogP contribution is -2.28. The Morgan fingerprint density at radius 3 is 2.71 bits per heavy atom. The van der Waals surface area contributed by atoms with Crippen LogP contribution in [0.1, 0.15) is 17.5 Å². The first-order chi connectivity index (χ1) is 15.1. The Balaban J connectivity index is 1.36. The van der Waals surface area contributed by atoms with E-state index in [1.807, 2.05) is 18.2 Å². The van der Waals surface area contributed by atoms with E-state index in [1.165, 1.54) is 12.1 Å². The molecule has 0 atom stereocenters. The summed E-state index contributed by atoms with van der Waals surface area (Å²) < 4.78 is 5.80. The standard InChI is InChI=1S/C25H24ClN3O2/c1-28-9-2-10-29(12-11-28)20-6-3-18(4-7-20)24-14-17(16-31-24)13-22-21-15-19(26)5-8-23(21)27-25(22)30/h3-8,13-16H,2,9-12H2,1H3,(H,27,30)/b22-13+. The lowest BCUT2D eigenvalue weighted by molar-refractivity contribution is -0.110. The highest BCUT2D eigenvalue weighted by molar-refractivity contribution is 6.36. The number of benzene rings is 2. The molecule has 0 bridgehead atoms. The predicted octanol–water partition coefficient (Wildman–Crippen LogP) is 5.23. The van der Waals surface area contributed by atoms with Crippen LogP contribution < -0.4 is 10.2 Å². The number of hydrogen-bond donors (Lipinski definition) is 1. The number of carbonyl (C=O) groups excluding carboxylic acids is 1. The van der Waals surface area contributed by atoms with Crippen LogP contribution in [0.2, 0.25) is 5.02 Å². The van der Waals surface area contributed by atoms with Crippen LogP contribution in [0.3, 0.4) is 0 Å². The van der Waals surface area contributed by atoms with E-state index in [9.17, 15) is 4.79 Å². The van der Waals surface area contributed by atoms with Crippen molar-refractivity contribution in [3.63, 3.8) is 0 Å². The van der Waals surface area contributed by atoms with E-state index in [-0.39, 0.29) is 5.91 Å². The number of likely N-dealkylation sites (N-methyl/N-ethyl adjacent to an activating group) is 1. The number of rotatable bonds is 3. The zero-order valence-corrected chi connectivity index (χ0v) is 18.2. The SMILES string of the molecule is CN1CCCN(c2ccc(-c3cc(/C=C4/C(=O)Nc5ccc(Cl)cc54)co3)cc2)CC1. The van der Waals surface area contributed by atoms with E-state index in [4.69, 9.17) is 16.0 Å². The number of furan rings is 1. The van der Waals surface area contributed by atoms with Gasteiger partial charge in [0.2, 0.25) is 0 Å². The minimum atomic E-state index is -0.132. The number of halogens is 1. The molecule has 0 aliphatic carbocycles. The van der Waals surface area contributed by atoms with E-state index < -0.39 is 0 Å². The molecule has 1 saturated heterocycles. The maximum Gasteiger partial charge on any atom is 0.256 e. The number of fused-ring (bicyclic) bond motifs is 1. The first-order valence-electron chi connectivity index (χ1n) is 10.5. The number of nitrogens with zero attached hydrogens (tertiary/aromatic N) is 2. The Labute approximate surface area is 186 Å². The van der Waals surface area contributed by atoms with Crippen LogP contribution in [0.15, 0.2) is 59.2 Å². The molecule has 1 amide bonds. The zero-order chi connectivity index (χ0) is 21.4. The molecule has 1 fully saturated rings. The van der Waals surface area contributed by atoms with Crippen molar-refractivity contribution >= 4 is 40.5 Å². The van der Waals surface area contributed by atoms with Crippen LogP contribution in [-0.2, 0) is 4.79 Å². The van der Waals surface area contributed by atoms with Crippen LogP contribution in [-0.4, -0.2) is 44.0 Å². The van der Waals surface area contributed by atoms with Crippen molar-refractivity contribution < 1.29 is 9.21 Å². The fourth-order valence-corrected chi connectivity index (χ4v) is 4.36. The van der Waals surface area contributed by atoms with Gasteiger partial charge in [-0.15, -0.1) is 0 Å². The van der Waals surface area contributed by atoms with Crippen molar-refractivity contribution in [1.29, 1.82) is 0 Å². The summed E-state index contributed by atoms with van der Waals surface area (Å²) in [7, 11) is 2.18. The number of carbonyl (C=O) groups is 1. The number of amides is 1. The predicted molar refractivity (Wildman–Crippen MR) is 126 cm³/mol. The maximum atomic E-state index is 12.4. The molecule has 0 saturated carbocycles. The molecule has 5 rings (SSSR count). The van der Waals surface area contributed by atoms with Crippen molar-refractivity contribution in [3.05, 3.63) is 70.9 Å². The molecule has 0 radical (unpaired) electrons. The molecule has 3 aromatic rings. The Morgan fingerprint density at radius 1 is 1.03 bits per heavy atom. The van der Waals surface area contributed by atoms with Gasteiger partial charge in [0.25, 0.3) is 5.91 Å². The summed E-state index contributed by atoms with van der Waals surface area (Å²) in [6.45, 7) is 4.35. The number of nitrogens with one attached hydrogen (secondary N) is 1. The highest BCUT2D eigenvalue weighted by Gasteiger charge is 2.24. The lowest BCUT2D eigenvalue weighted by atomic mass is 10.0. The van der Waals surface area contributed by atoms with Gasteiger partial charge in [-0.2, -0.15) is 0 Å². The molecule has 0 unspecified atom stereocenters. The fraction of sp³-hybridized carbons (Fsp3) is 0.240. The van der Waals surface area contributed by atoms with Gasteiger partial charge in [0.1, 0.15) is 5.76 Å². The van der Waals surface area contributed by atoms with Crippen molar-refractivity contribution in [2.24, 2.45) is 0 Å². The highest BCUT2D eigenvalue weighted by atomic mass is 35.5. The summed E-state index contributed by atoms with van der Waals surface area (Å²) in [4.78, 5) is 17.2.